The summed E-state index contributed by atoms with van der Waals surface area (Å²) in [7, 11) is -3.50. The lowest BCUT2D eigenvalue weighted by molar-refractivity contribution is -0.384. The number of nitro groups is 1. The molecule has 0 aliphatic rings. The number of benzene rings is 1. The van der Waals surface area contributed by atoms with Gasteiger partial charge in [-0.1, -0.05) is 13.8 Å². The second-order valence-electron chi connectivity index (χ2n) is 6.01. The molecule has 0 aliphatic carbocycles. The first-order valence-electron chi connectivity index (χ1n) is 7.87. The quantitative estimate of drug-likeness (QED) is 0.118. The van der Waals surface area contributed by atoms with E-state index in [-0.39, 0.29) is 40.2 Å². The highest BCUT2D eigenvalue weighted by Crippen LogP contribution is 2.27. The fourth-order valence-corrected chi connectivity index (χ4v) is 2.57. The summed E-state index contributed by atoms with van der Waals surface area (Å²) in [5, 5.41) is 16.9. The molecule has 0 spiro atoms. The van der Waals surface area contributed by atoms with Crippen molar-refractivity contribution in [2.45, 2.75) is 25.2 Å². The zero-order chi connectivity index (χ0) is 19.0. The van der Waals surface area contributed by atoms with Gasteiger partial charge in [-0.2, -0.15) is 0 Å². The molecule has 1 aromatic rings. The van der Waals surface area contributed by atoms with Gasteiger partial charge in [0.15, 0.2) is 15.8 Å². The molecule has 0 heterocycles. The van der Waals surface area contributed by atoms with Crippen LogP contribution in [0.15, 0.2) is 28.1 Å². The third-order valence-corrected chi connectivity index (χ3v) is 4.44. The third kappa shape index (κ3) is 8.65. The maximum atomic E-state index is 11.5. The number of nitrogens with one attached hydrogen (secondary N) is 2. The first-order chi connectivity index (χ1) is 11.6. The van der Waals surface area contributed by atoms with Gasteiger partial charge in [0.25, 0.3) is 5.69 Å². The summed E-state index contributed by atoms with van der Waals surface area (Å²) >= 11 is 0. The molecule has 0 atom stereocenters. The van der Waals surface area contributed by atoms with E-state index >= 15 is 0 Å². The van der Waals surface area contributed by atoms with Crippen molar-refractivity contribution < 1.29 is 13.3 Å². The summed E-state index contributed by atoms with van der Waals surface area (Å²) in [6.07, 6.45) is 1.95. The Kier molecular flexibility index (Phi) is 10.5. The predicted octanol–water partition coefficient (Wildman–Crippen LogP) is 1.98. The number of nitrogens with two attached hydrogens (primary N) is 1. The van der Waals surface area contributed by atoms with Gasteiger partial charge in [-0.3, -0.25) is 15.1 Å². The lowest BCUT2D eigenvalue weighted by Gasteiger charge is -2.10. The number of nitrogens with zero attached hydrogens (tertiary/aromatic N) is 2. The topological polar surface area (TPSA) is 140 Å². The highest BCUT2D eigenvalue weighted by atomic mass is 127. The highest BCUT2D eigenvalue weighted by Gasteiger charge is 2.18. The van der Waals surface area contributed by atoms with Gasteiger partial charge in [0.2, 0.25) is 0 Å². The summed E-state index contributed by atoms with van der Waals surface area (Å²) in [5.74, 6) is 0.873. The van der Waals surface area contributed by atoms with Gasteiger partial charge in [-0.15, -0.1) is 24.0 Å². The summed E-state index contributed by atoms with van der Waals surface area (Å²) in [6.45, 7) is 5.62. The fourth-order valence-electron chi connectivity index (χ4n) is 1.93. The second-order valence-corrected chi connectivity index (χ2v) is 8.03. The molecule has 0 bridgehead atoms. The Morgan fingerprint density at radius 2 is 2.00 bits per heavy atom. The normalized spacial score (nSPS) is 11.8. The third-order valence-electron chi connectivity index (χ3n) is 3.33. The number of rotatable bonds is 9. The lowest BCUT2D eigenvalue weighted by Crippen LogP contribution is -2.35. The summed E-state index contributed by atoms with van der Waals surface area (Å²) in [5.41, 5.74) is 5.68. The van der Waals surface area contributed by atoms with Crippen molar-refractivity contribution in [2.24, 2.45) is 16.6 Å². The van der Waals surface area contributed by atoms with E-state index in [0.717, 1.165) is 18.7 Å². The molecule has 0 radical (unpaired) electrons. The van der Waals surface area contributed by atoms with Gasteiger partial charge < -0.3 is 16.4 Å². The van der Waals surface area contributed by atoms with Crippen molar-refractivity contribution in [1.82, 2.24) is 5.32 Å². The zero-order valence-electron chi connectivity index (χ0n) is 15.1. The minimum atomic E-state index is -3.50. The van der Waals surface area contributed by atoms with Crippen molar-refractivity contribution in [3.05, 3.63) is 28.3 Å². The van der Waals surface area contributed by atoms with E-state index in [1.165, 1.54) is 12.1 Å². The summed E-state index contributed by atoms with van der Waals surface area (Å²) in [6, 6.07) is 3.77. The molecule has 0 fully saturated rings. The average Bonchev–Trinajstić information content (AvgIpc) is 2.50. The van der Waals surface area contributed by atoms with Crippen molar-refractivity contribution in [3.63, 3.8) is 0 Å². The predicted molar refractivity (Wildman–Crippen MR) is 114 cm³/mol. The van der Waals surface area contributed by atoms with Crippen LogP contribution in [0.25, 0.3) is 0 Å². The molecular formula is C15H26IN5O4S. The average molecular weight is 499 g/mol. The van der Waals surface area contributed by atoms with Gasteiger partial charge in [-0.05, 0) is 24.5 Å². The Morgan fingerprint density at radius 3 is 2.54 bits per heavy atom. The number of halogens is 1. The summed E-state index contributed by atoms with van der Waals surface area (Å²) in [4.78, 5) is 14.6. The van der Waals surface area contributed by atoms with E-state index in [9.17, 15) is 18.5 Å². The number of nitro benzene ring substituents is 1. The molecule has 0 unspecified atom stereocenters. The van der Waals surface area contributed by atoms with Crippen molar-refractivity contribution >= 4 is 51.1 Å². The van der Waals surface area contributed by atoms with Crippen LogP contribution >= 0.6 is 24.0 Å². The SMILES string of the molecule is CC(C)CCN=C(N)NCCNc1ccc(S(C)(=O)=O)cc1[N+](=O)[O-].I. The summed E-state index contributed by atoms with van der Waals surface area (Å²) < 4.78 is 23.0. The van der Waals surface area contributed by atoms with Crippen LogP contribution in [0.2, 0.25) is 0 Å². The molecule has 0 amide bonds. The van der Waals surface area contributed by atoms with E-state index in [4.69, 9.17) is 5.73 Å². The lowest BCUT2D eigenvalue weighted by atomic mass is 10.1. The smallest absolute Gasteiger partial charge is 0.293 e. The van der Waals surface area contributed by atoms with Crippen molar-refractivity contribution in [3.8, 4) is 0 Å². The van der Waals surface area contributed by atoms with Gasteiger partial charge in [0, 0.05) is 32.0 Å². The zero-order valence-corrected chi connectivity index (χ0v) is 18.2. The number of aliphatic imine (C=N–C) groups is 1. The van der Waals surface area contributed by atoms with E-state index in [2.05, 4.69) is 29.5 Å². The molecule has 0 aromatic heterocycles. The van der Waals surface area contributed by atoms with E-state index in [0.29, 0.717) is 31.5 Å². The van der Waals surface area contributed by atoms with Gasteiger partial charge in [0.1, 0.15) is 5.69 Å². The standard InChI is InChI=1S/C15H25N5O4S.HI/c1-11(2)6-7-18-15(16)19-9-8-17-13-5-4-12(25(3,23)24)10-14(13)20(21)22;/h4-5,10-11,17H,6-9H2,1-3H3,(H3,16,18,19);1H. The first-order valence-corrected chi connectivity index (χ1v) is 9.76. The maximum absolute atomic E-state index is 11.5. The largest absolute Gasteiger partial charge is 0.378 e. The molecule has 26 heavy (non-hydrogen) atoms. The molecule has 4 N–H and O–H groups in total. The van der Waals surface area contributed by atoms with Crippen LogP contribution in [0.1, 0.15) is 20.3 Å². The molecule has 0 saturated heterocycles. The molecule has 1 aromatic carbocycles. The van der Waals surface area contributed by atoms with Crippen LogP contribution in [0.3, 0.4) is 0 Å². The van der Waals surface area contributed by atoms with Crippen LogP contribution in [0.5, 0.6) is 0 Å². The Labute approximate surface area is 170 Å². The van der Waals surface area contributed by atoms with Crippen LogP contribution in [0, 0.1) is 16.0 Å². The minimum absolute atomic E-state index is 0. The van der Waals surface area contributed by atoms with E-state index < -0.39 is 14.8 Å². The molecule has 0 saturated carbocycles. The molecule has 9 nitrogen and oxygen atoms in total. The molecular weight excluding hydrogens is 473 g/mol. The van der Waals surface area contributed by atoms with Crippen LogP contribution < -0.4 is 16.4 Å². The first kappa shape index (κ1) is 24.4. The van der Waals surface area contributed by atoms with E-state index in [1.54, 1.807) is 0 Å². The maximum Gasteiger partial charge on any atom is 0.293 e. The van der Waals surface area contributed by atoms with Crippen LogP contribution in [0.4, 0.5) is 11.4 Å². The Balaban J connectivity index is 0.00000625. The number of guanidine groups is 1. The number of anilines is 1. The van der Waals surface area contributed by atoms with Gasteiger partial charge in [0.05, 0.1) is 9.82 Å². The fraction of sp³-hybridized carbons (Fsp3) is 0.533. The van der Waals surface area contributed by atoms with Gasteiger partial charge in [-0.25, -0.2) is 8.42 Å². The van der Waals surface area contributed by atoms with Gasteiger partial charge >= 0.3 is 0 Å². The number of sulfone groups is 1. The second kappa shape index (κ2) is 11.2. The Bertz CT molecular complexity index is 738. The molecule has 148 valence electrons. The van der Waals surface area contributed by atoms with Crippen LogP contribution in [-0.4, -0.2) is 45.2 Å². The molecule has 1 rings (SSSR count). The monoisotopic (exact) mass is 499 g/mol. The van der Waals surface area contributed by atoms with E-state index in [1.807, 2.05) is 0 Å². The molecule has 11 heteroatoms. The Hall–Kier alpha value is -1.63. The Morgan fingerprint density at radius 1 is 1.35 bits per heavy atom. The van der Waals surface area contributed by atoms with Crippen LogP contribution in [-0.2, 0) is 9.84 Å². The molecule has 0 aliphatic heterocycles. The number of hydrogen-bond donors (Lipinski definition) is 3. The van der Waals surface area contributed by atoms with Crippen molar-refractivity contribution in [2.75, 3.05) is 31.2 Å². The van der Waals surface area contributed by atoms with Crippen molar-refractivity contribution in [1.29, 1.82) is 0 Å². The minimum Gasteiger partial charge on any atom is -0.378 e. The number of hydrogen-bond acceptors (Lipinski definition) is 6. The highest BCUT2D eigenvalue weighted by molar-refractivity contribution is 14.0.